The van der Waals surface area contributed by atoms with Crippen LogP contribution in [-0.2, 0) is 42.6 Å². The molecule has 1 aliphatic carbocycles. The van der Waals surface area contributed by atoms with Gasteiger partial charge in [-0.2, -0.15) is 18.3 Å². The molecule has 3 aliphatic rings. The molecule has 5 rings (SSSR count). The zero-order valence-electron chi connectivity index (χ0n) is 21.1. The van der Waals surface area contributed by atoms with Gasteiger partial charge in [0.1, 0.15) is 10.5 Å². The molecule has 2 aliphatic heterocycles. The molecule has 0 aromatic carbocycles. The lowest BCUT2D eigenvalue weighted by Crippen LogP contribution is -2.50. The lowest BCUT2D eigenvalue weighted by Gasteiger charge is -2.47. The zero-order valence-corrected chi connectivity index (χ0v) is 22.0. The summed E-state index contributed by atoms with van der Waals surface area (Å²) >= 11 is 0.743. The molecule has 3 N–H and O–H groups in total. The number of aromatic nitrogens is 2. The first-order valence-electron chi connectivity index (χ1n) is 13.1. The number of thiophene rings is 1. The molecular weight excluding hydrogens is 507 g/mol. The van der Waals surface area contributed by atoms with Crippen LogP contribution < -0.4 is 0 Å². The molecule has 11 heteroatoms. The Bertz CT molecular complexity index is 1100. The van der Waals surface area contributed by atoms with E-state index in [1.807, 2.05) is 6.20 Å². The number of hydrogen-bond acceptors (Lipinski definition) is 7. The van der Waals surface area contributed by atoms with E-state index in [9.17, 15) is 28.5 Å². The van der Waals surface area contributed by atoms with Gasteiger partial charge in [0.05, 0.1) is 37.7 Å². The van der Waals surface area contributed by atoms with Crippen molar-refractivity contribution in [2.45, 2.75) is 108 Å². The van der Waals surface area contributed by atoms with Crippen molar-refractivity contribution in [2.75, 3.05) is 13.2 Å². The number of rotatable bonds is 7. The summed E-state index contributed by atoms with van der Waals surface area (Å²) in [6.07, 6.45) is 3.90. The number of piperidine rings is 1. The van der Waals surface area contributed by atoms with Crippen molar-refractivity contribution in [3.63, 3.8) is 0 Å². The van der Waals surface area contributed by atoms with E-state index in [0.717, 1.165) is 42.6 Å². The van der Waals surface area contributed by atoms with Crippen molar-refractivity contribution < 1.29 is 33.2 Å². The van der Waals surface area contributed by atoms with Crippen LogP contribution in [0.4, 0.5) is 13.2 Å². The number of likely N-dealkylation sites (tertiary alicyclic amines) is 1. The average Bonchev–Trinajstić information content (AvgIpc) is 3.54. The third kappa shape index (κ3) is 5.49. The molecule has 1 unspecified atom stereocenters. The fourth-order valence-corrected chi connectivity index (χ4v) is 7.96. The van der Waals surface area contributed by atoms with Crippen LogP contribution >= 0.6 is 11.3 Å². The Kier molecular flexibility index (Phi) is 7.49. The molecule has 0 bridgehead atoms. The van der Waals surface area contributed by atoms with E-state index in [4.69, 9.17) is 4.74 Å². The molecule has 1 saturated carbocycles. The van der Waals surface area contributed by atoms with E-state index in [1.54, 1.807) is 10.9 Å². The number of nitrogens with zero attached hydrogens (tertiary/aromatic N) is 3. The van der Waals surface area contributed by atoms with Crippen molar-refractivity contribution in [1.82, 2.24) is 14.7 Å². The van der Waals surface area contributed by atoms with Crippen molar-refractivity contribution in [3.05, 3.63) is 38.8 Å². The molecule has 2 aromatic heterocycles. The van der Waals surface area contributed by atoms with Crippen LogP contribution in [0, 0.1) is 0 Å². The fourth-order valence-electron chi connectivity index (χ4n) is 6.55. The monoisotopic (exact) mass is 543 g/mol. The quantitative estimate of drug-likeness (QED) is 0.490. The van der Waals surface area contributed by atoms with Crippen molar-refractivity contribution in [2.24, 2.45) is 0 Å². The molecular formula is C26H36F3N3O4S. The molecule has 1 spiro atoms. The number of hydrogen-bond donors (Lipinski definition) is 3. The first-order valence-corrected chi connectivity index (χ1v) is 14.0. The molecule has 1 saturated heterocycles. The van der Waals surface area contributed by atoms with Crippen LogP contribution in [0.1, 0.15) is 78.3 Å². The standard InChI is InChI=1S/C26H36F3N3O4S/c1-17-10-25(22-20(4-9-36-25)21(16-33)23(37-22)26(27,28)29)7-8-31(17)13-18-12-30-32(14-18)15-19(34)11-24(35)5-2-3-6-24/h12,14,17,19,33-35H,2-11,13,15-16H2,1H3/t17-,19?,25+/m0/s1. The largest absolute Gasteiger partial charge is 0.425 e. The fraction of sp³-hybridized carbons (Fsp3) is 0.731. The normalized spacial score (nSPS) is 27.1. The van der Waals surface area contributed by atoms with Crippen LogP contribution in [0.5, 0.6) is 0 Å². The Morgan fingerprint density at radius 3 is 2.70 bits per heavy atom. The second kappa shape index (κ2) is 10.2. The third-order valence-corrected chi connectivity index (χ3v) is 9.85. The Balaban J connectivity index is 1.24. The topological polar surface area (TPSA) is 91.0 Å². The van der Waals surface area contributed by atoms with Gasteiger partial charge in [-0.25, -0.2) is 0 Å². The number of halogens is 3. The summed E-state index contributed by atoms with van der Waals surface area (Å²) in [7, 11) is 0. The SMILES string of the molecule is C[C@H]1C[C@@]2(CCN1Cc1cnn(CC(O)CC3(O)CCCC3)c1)OCCc1c2sc(C(F)(F)F)c1CO. The highest BCUT2D eigenvalue weighted by Gasteiger charge is 2.48. The van der Waals surface area contributed by atoms with E-state index >= 15 is 0 Å². The first-order chi connectivity index (χ1) is 17.5. The number of aliphatic hydroxyl groups excluding tert-OH is 2. The summed E-state index contributed by atoms with van der Waals surface area (Å²) in [5, 5.41) is 35.2. The van der Waals surface area contributed by atoms with E-state index in [-0.39, 0.29) is 11.6 Å². The first kappa shape index (κ1) is 27.1. The number of aliphatic hydroxyl groups is 3. The lowest BCUT2D eigenvalue weighted by molar-refractivity contribution is -0.135. The molecule has 0 amide bonds. The smallest absolute Gasteiger partial charge is 0.392 e. The summed E-state index contributed by atoms with van der Waals surface area (Å²) in [4.78, 5) is 2.22. The lowest BCUT2D eigenvalue weighted by atomic mass is 9.81. The summed E-state index contributed by atoms with van der Waals surface area (Å²) in [5.41, 5.74) is 0.111. The van der Waals surface area contributed by atoms with Crippen LogP contribution in [0.3, 0.4) is 0 Å². The van der Waals surface area contributed by atoms with Gasteiger partial charge in [0, 0.05) is 47.8 Å². The highest BCUT2D eigenvalue weighted by atomic mass is 32.1. The molecule has 7 nitrogen and oxygen atoms in total. The van der Waals surface area contributed by atoms with Gasteiger partial charge in [0.25, 0.3) is 0 Å². The minimum absolute atomic E-state index is 0.0138. The predicted molar refractivity (Wildman–Crippen MR) is 132 cm³/mol. The van der Waals surface area contributed by atoms with E-state index < -0.39 is 35.0 Å². The third-order valence-electron chi connectivity index (χ3n) is 8.35. The molecule has 3 atom stereocenters. The van der Waals surface area contributed by atoms with E-state index in [0.29, 0.717) is 62.4 Å². The Labute approximate surface area is 218 Å². The van der Waals surface area contributed by atoms with Gasteiger partial charge in [0.15, 0.2) is 0 Å². The summed E-state index contributed by atoms with van der Waals surface area (Å²) in [6.45, 7) is 3.44. The number of alkyl halides is 3. The Morgan fingerprint density at radius 1 is 1.27 bits per heavy atom. The maximum Gasteiger partial charge on any atom is 0.425 e. The highest BCUT2D eigenvalue weighted by molar-refractivity contribution is 7.12. The number of ether oxygens (including phenoxy) is 1. The summed E-state index contributed by atoms with van der Waals surface area (Å²) < 4.78 is 48.9. The van der Waals surface area contributed by atoms with Gasteiger partial charge < -0.3 is 20.1 Å². The van der Waals surface area contributed by atoms with Crippen LogP contribution in [0.2, 0.25) is 0 Å². The highest BCUT2D eigenvalue weighted by Crippen LogP contribution is 2.51. The molecule has 2 aromatic rings. The van der Waals surface area contributed by atoms with Gasteiger partial charge in [-0.1, -0.05) is 12.8 Å². The maximum atomic E-state index is 13.7. The van der Waals surface area contributed by atoms with Crippen molar-refractivity contribution in [3.8, 4) is 0 Å². The Hall–Kier alpha value is -1.50. The van der Waals surface area contributed by atoms with Gasteiger partial charge >= 0.3 is 6.18 Å². The zero-order chi connectivity index (χ0) is 26.4. The van der Waals surface area contributed by atoms with E-state index in [2.05, 4.69) is 16.9 Å². The van der Waals surface area contributed by atoms with Crippen molar-refractivity contribution >= 4 is 11.3 Å². The van der Waals surface area contributed by atoms with E-state index in [1.165, 1.54) is 0 Å². The summed E-state index contributed by atoms with van der Waals surface area (Å²) in [6, 6.07) is 0.0688. The van der Waals surface area contributed by atoms with Gasteiger partial charge in [-0.3, -0.25) is 9.58 Å². The summed E-state index contributed by atoms with van der Waals surface area (Å²) in [5.74, 6) is 0. The van der Waals surface area contributed by atoms with Crippen LogP contribution in [0.15, 0.2) is 12.4 Å². The minimum atomic E-state index is -4.49. The molecule has 37 heavy (non-hydrogen) atoms. The van der Waals surface area contributed by atoms with Gasteiger partial charge in [0.2, 0.25) is 0 Å². The van der Waals surface area contributed by atoms with Crippen LogP contribution in [0.25, 0.3) is 0 Å². The average molecular weight is 544 g/mol. The van der Waals surface area contributed by atoms with Gasteiger partial charge in [-0.05, 0) is 44.6 Å². The molecule has 2 fully saturated rings. The molecule has 0 radical (unpaired) electrons. The molecule has 206 valence electrons. The van der Waals surface area contributed by atoms with Crippen LogP contribution in [-0.4, -0.2) is 60.9 Å². The van der Waals surface area contributed by atoms with Crippen molar-refractivity contribution in [1.29, 1.82) is 0 Å². The second-order valence-corrected chi connectivity index (χ2v) is 12.1. The second-order valence-electron chi connectivity index (χ2n) is 11.1. The minimum Gasteiger partial charge on any atom is -0.392 e. The maximum absolute atomic E-state index is 13.7. The van der Waals surface area contributed by atoms with Gasteiger partial charge in [-0.15, -0.1) is 11.3 Å². The predicted octanol–water partition coefficient (Wildman–Crippen LogP) is 3.96. The Morgan fingerprint density at radius 2 is 2.03 bits per heavy atom. The molecule has 4 heterocycles. The number of fused-ring (bicyclic) bond motifs is 2.